The Bertz CT molecular complexity index is 583. The van der Waals surface area contributed by atoms with Crippen LogP contribution >= 0.6 is 23.1 Å². The Morgan fingerprint density at radius 1 is 1.48 bits per heavy atom. The standard InChI is InChI=1S/C13H21N3O2S3/c1-21(17,18)13-9-19-5-4-16(13)7-11-8-20-12(15-11)6-14-10-2-3-10/h8,10,13-14H,2-7,9H2,1H3. The summed E-state index contributed by atoms with van der Waals surface area (Å²) in [4.78, 5) is 6.69. The van der Waals surface area contributed by atoms with Crippen molar-refractivity contribution in [1.82, 2.24) is 15.2 Å². The summed E-state index contributed by atoms with van der Waals surface area (Å²) in [5.41, 5.74) is 0.994. The average molecular weight is 348 g/mol. The minimum atomic E-state index is -3.03. The van der Waals surface area contributed by atoms with Crippen LogP contribution in [0.5, 0.6) is 0 Å². The zero-order chi connectivity index (χ0) is 14.9. The van der Waals surface area contributed by atoms with Gasteiger partial charge in [-0.1, -0.05) is 0 Å². The van der Waals surface area contributed by atoms with Crippen molar-refractivity contribution < 1.29 is 8.42 Å². The molecule has 1 saturated carbocycles. The summed E-state index contributed by atoms with van der Waals surface area (Å²) < 4.78 is 23.8. The molecule has 8 heteroatoms. The molecule has 118 valence electrons. The number of nitrogens with one attached hydrogen (secondary N) is 1. The van der Waals surface area contributed by atoms with Gasteiger partial charge in [0.1, 0.15) is 10.4 Å². The van der Waals surface area contributed by atoms with Crippen LogP contribution in [0.1, 0.15) is 23.5 Å². The summed E-state index contributed by atoms with van der Waals surface area (Å²) in [6.45, 7) is 2.29. The summed E-state index contributed by atoms with van der Waals surface area (Å²) in [6, 6.07) is 0.686. The quantitative estimate of drug-likeness (QED) is 0.837. The molecule has 1 aromatic rings. The minimum absolute atomic E-state index is 0.369. The van der Waals surface area contributed by atoms with Gasteiger partial charge in [0.05, 0.1) is 5.69 Å². The van der Waals surface area contributed by atoms with E-state index in [1.165, 1.54) is 19.1 Å². The van der Waals surface area contributed by atoms with Gasteiger partial charge in [0.2, 0.25) is 0 Å². The molecule has 1 aliphatic carbocycles. The highest BCUT2D eigenvalue weighted by Crippen LogP contribution is 2.23. The second kappa shape index (κ2) is 6.54. The summed E-state index contributed by atoms with van der Waals surface area (Å²) >= 11 is 3.38. The van der Waals surface area contributed by atoms with Crippen molar-refractivity contribution in [1.29, 1.82) is 0 Å². The largest absolute Gasteiger partial charge is 0.308 e. The molecule has 0 radical (unpaired) electrons. The van der Waals surface area contributed by atoms with Crippen LogP contribution in [0.2, 0.25) is 0 Å². The smallest absolute Gasteiger partial charge is 0.164 e. The molecule has 0 bridgehead atoms. The zero-order valence-corrected chi connectivity index (χ0v) is 14.6. The summed E-state index contributed by atoms with van der Waals surface area (Å²) in [5, 5.41) is 6.25. The van der Waals surface area contributed by atoms with Crippen LogP contribution in [0.3, 0.4) is 0 Å². The predicted molar refractivity (Wildman–Crippen MR) is 88.3 cm³/mol. The molecule has 2 fully saturated rings. The highest BCUT2D eigenvalue weighted by molar-refractivity contribution is 8.00. The molecular formula is C13H21N3O2S3. The molecule has 21 heavy (non-hydrogen) atoms. The van der Waals surface area contributed by atoms with Crippen molar-refractivity contribution in [3.63, 3.8) is 0 Å². The van der Waals surface area contributed by atoms with Gasteiger partial charge in [-0.2, -0.15) is 11.8 Å². The Balaban J connectivity index is 1.61. The Morgan fingerprint density at radius 3 is 3.00 bits per heavy atom. The highest BCUT2D eigenvalue weighted by Gasteiger charge is 2.31. The van der Waals surface area contributed by atoms with Crippen LogP contribution in [0, 0.1) is 0 Å². The highest BCUT2D eigenvalue weighted by atomic mass is 32.2. The van der Waals surface area contributed by atoms with Crippen molar-refractivity contribution in [2.75, 3.05) is 24.3 Å². The number of thiazole rings is 1. The zero-order valence-electron chi connectivity index (χ0n) is 12.1. The third-order valence-electron chi connectivity index (χ3n) is 3.77. The lowest BCUT2D eigenvalue weighted by Gasteiger charge is -2.33. The maximum atomic E-state index is 11.9. The number of hydrogen-bond donors (Lipinski definition) is 1. The van der Waals surface area contributed by atoms with Gasteiger partial charge >= 0.3 is 0 Å². The molecule has 5 nitrogen and oxygen atoms in total. The van der Waals surface area contributed by atoms with Crippen LogP contribution in [-0.2, 0) is 22.9 Å². The minimum Gasteiger partial charge on any atom is -0.308 e. The van der Waals surface area contributed by atoms with Crippen LogP contribution in [-0.4, -0.2) is 54.0 Å². The molecule has 1 saturated heterocycles. The monoisotopic (exact) mass is 347 g/mol. The van der Waals surface area contributed by atoms with E-state index in [1.54, 1.807) is 23.1 Å². The molecule has 1 unspecified atom stereocenters. The van der Waals surface area contributed by atoms with Crippen LogP contribution in [0.25, 0.3) is 0 Å². The van der Waals surface area contributed by atoms with Crippen molar-refractivity contribution in [3.8, 4) is 0 Å². The second-order valence-electron chi connectivity index (χ2n) is 5.72. The SMILES string of the molecule is CS(=O)(=O)C1CSCCN1Cc1csc(CNC2CC2)n1. The first-order chi connectivity index (χ1) is 10.0. The summed E-state index contributed by atoms with van der Waals surface area (Å²) in [6.07, 6.45) is 3.89. The summed E-state index contributed by atoms with van der Waals surface area (Å²) in [5.74, 6) is 1.66. The van der Waals surface area contributed by atoms with E-state index in [1.807, 2.05) is 0 Å². The first-order valence-corrected chi connectivity index (χ1v) is 11.2. The van der Waals surface area contributed by atoms with Crippen molar-refractivity contribution >= 4 is 32.9 Å². The van der Waals surface area contributed by atoms with Gasteiger partial charge in [0, 0.05) is 48.8 Å². The maximum absolute atomic E-state index is 11.9. The van der Waals surface area contributed by atoms with Crippen LogP contribution in [0.4, 0.5) is 0 Å². The fraction of sp³-hybridized carbons (Fsp3) is 0.769. The lowest BCUT2D eigenvalue weighted by Crippen LogP contribution is -2.46. The van der Waals surface area contributed by atoms with Gasteiger partial charge in [0.25, 0.3) is 0 Å². The lowest BCUT2D eigenvalue weighted by atomic mass is 10.4. The lowest BCUT2D eigenvalue weighted by molar-refractivity contribution is 0.259. The Kier molecular flexibility index (Phi) is 4.90. The molecule has 3 rings (SSSR count). The Hall–Kier alpha value is -0.150. The van der Waals surface area contributed by atoms with Crippen molar-refractivity contribution in [2.45, 2.75) is 37.3 Å². The number of hydrogen-bond acceptors (Lipinski definition) is 7. The fourth-order valence-electron chi connectivity index (χ4n) is 2.42. The molecule has 1 N–H and O–H groups in total. The molecule has 2 aliphatic rings. The van der Waals surface area contributed by atoms with Crippen molar-refractivity contribution in [2.24, 2.45) is 0 Å². The number of thioether (sulfide) groups is 1. The maximum Gasteiger partial charge on any atom is 0.164 e. The Labute approximate surface area is 134 Å². The molecule has 1 aromatic heterocycles. The van der Waals surface area contributed by atoms with Gasteiger partial charge in [0.15, 0.2) is 9.84 Å². The molecule has 0 aromatic carbocycles. The first kappa shape index (κ1) is 15.7. The van der Waals surface area contributed by atoms with E-state index < -0.39 is 9.84 Å². The molecule has 1 atom stereocenters. The van der Waals surface area contributed by atoms with E-state index in [0.717, 1.165) is 29.5 Å². The molecule has 0 spiro atoms. The second-order valence-corrected chi connectivity index (χ2v) is 10.0. The predicted octanol–water partition coefficient (Wildman–Crippen LogP) is 1.31. The van der Waals surface area contributed by atoms with Gasteiger partial charge in [-0.3, -0.25) is 4.90 Å². The number of rotatable bonds is 6. The van der Waals surface area contributed by atoms with Crippen molar-refractivity contribution in [3.05, 3.63) is 16.1 Å². The normalized spacial score (nSPS) is 24.3. The Morgan fingerprint density at radius 2 is 2.29 bits per heavy atom. The third-order valence-corrected chi connectivity index (χ3v) is 7.35. The molecule has 2 heterocycles. The van der Waals surface area contributed by atoms with Gasteiger partial charge in [-0.25, -0.2) is 13.4 Å². The van der Waals surface area contributed by atoms with E-state index in [4.69, 9.17) is 0 Å². The van der Waals surface area contributed by atoms with Crippen LogP contribution < -0.4 is 5.32 Å². The first-order valence-electron chi connectivity index (χ1n) is 7.20. The van der Waals surface area contributed by atoms with E-state index in [2.05, 4.69) is 20.6 Å². The van der Waals surface area contributed by atoms with E-state index in [9.17, 15) is 8.42 Å². The number of nitrogens with zero attached hydrogens (tertiary/aromatic N) is 2. The topological polar surface area (TPSA) is 62.3 Å². The van der Waals surface area contributed by atoms with E-state index in [0.29, 0.717) is 18.3 Å². The number of sulfone groups is 1. The van der Waals surface area contributed by atoms with Gasteiger partial charge in [-0.15, -0.1) is 11.3 Å². The average Bonchev–Trinajstić information content (AvgIpc) is 3.16. The van der Waals surface area contributed by atoms with E-state index >= 15 is 0 Å². The van der Waals surface area contributed by atoms with Gasteiger partial charge in [-0.05, 0) is 12.8 Å². The molecule has 0 amide bonds. The fourth-order valence-corrected chi connectivity index (χ4v) is 6.10. The van der Waals surface area contributed by atoms with Gasteiger partial charge < -0.3 is 5.32 Å². The van der Waals surface area contributed by atoms with E-state index in [-0.39, 0.29) is 5.37 Å². The molecule has 1 aliphatic heterocycles. The molecular weight excluding hydrogens is 326 g/mol. The summed E-state index contributed by atoms with van der Waals surface area (Å²) in [7, 11) is -3.03. The van der Waals surface area contributed by atoms with Crippen LogP contribution in [0.15, 0.2) is 5.38 Å². The number of aromatic nitrogens is 1. The third kappa shape index (κ3) is 4.41.